The SMILES string of the molecule is NC(CC(=O)O)c1cc(Cl)cc(Br)c1O. The highest BCUT2D eigenvalue weighted by Crippen LogP contribution is 2.35. The first kappa shape index (κ1) is 12.3. The Morgan fingerprint density at radius 2 is 2.20 bits per heavy atom. The highest BCUT2D eigenvalue weighted by molar-refractivity contribution is 9.10. The van der Waals surface area contributed by atoms with E-state index >= 15 is 0 Å². The molecule has 0 heterocycles. The average molecular weight is 295 g/mol. The number of nitrogens with two attached hydrogens (primary N) is 1. The lowest BCUT2D eigenvalue weighted by Gasteiger charge is -2.12. The lowest BCUT2D eigenvalue weighted by atomic mass is 10.0. The van der Waals surface area contributed by atoms with Crippen molar-refractivity contribution in [2.45, 2.75) is 12.5 Å². The van der Waals surface area contributed by atoms with Gasteiger partial charge in [-0.2, -0.15) is 0 Å². The van der Waals surface area contributed by atoms with E-state index in [-0.39, 0.29) is 12.2 Å². The number of carbonyl (C=O) groups is 1. The van der Waals surface area contributed by atoms with E-state index in [9.17, 15) is 9.90 Å². The summed E-state index contributed by atoms with van der Waals surface area (Å²) in [6.07, 6.45) is -0.264. The van der Waals surface area contributed by atoms with Crippen molar-refractivity contribution in [1.82, 2.24) is 0 Å². The summed E-state index contributed by atoms with van der Waals surface area (Å²) in [6.45, 7) is 0. The number of benzene rings is 1. The second kappa shape index (κ2) is 4.83. The maximum absolute atomic E-state index is 10.5. The summed E-state index contributed by atoms with van der Waals surface area (Å²) in [5.74, 6) is -1.11. The van der Waals surface area contributed by atoms with E-state index in [1.165, 1.54) is 12.1 Å². The van der Waals surface area contributed by atoms with Gasteiger partial charge in [0.25, 0.3) is 0 Å². The van der Waals surface area contributed by atoms with Crippen LogP contribution in [-0.2, 0) is 4.79 Å². The second-order valence-corrected chi connectivity index (χ2v) is 4.32. The molecule has 4 nitrogen and oxygen atoms in total. The maximum atomic E-state index is 10.5. The first-order valence-electron chi connectivity index (χ1n) is 4.07. The molecular weight excluding hydrogens is 285 g/mol. The molecule has 82 valence electrons. The summed E-state index contributed by atoms with van der Waals surface area (Å²) in [5.41, 5.74) is 5.93. The van der Waals surface area contributed by atoms with Crippen molar-refractivity contribution in [2.24, 2.45) is 5.73 Å². The maximum Gasteiger partial charge on any atom is 0.305 e. The molecule has 0 radical (unpaired) electrons. The van der Waals surface area contributed by atoms with E-state index in [0.29, 0.717) is 15.1 Å². The van der Waals surface area contributed by atoms with Gasteiger partial charge in [0.2, 0.25) is 0 Å². The molecule has 1 aromatic rings. The molecule has 0 amide bonds. The Morgan fingerprint density at radius 3 is 2.73 bits per heavy atom. The lowest BCUT2D eigenvalue weighted by Crippen LogP contribution is -2.15. The van der Waals surface area contributed by atoms with Gasteiger partial charge in [0.05, 0.1) is 10.9 Å². The standard InChI is InChI=1S/C9H9BrClNO3/c10-6-2-4(11)1-5(9(6)15)7(12)3-8(13)14/h1-2,7,15H,3,12H2,(H,13,14). The topological polar surface area (TPSA) is 83.6 Å². The van der Waals surface area contributed by atoms with Crippen molar-refractivity contribution in [3.8, 4) is 5.75 Å². The molecule has 1 unspecified atom stereocenters. The average Bonchev–Trinajstić information content (AvgIpc) is 2.09. The molecule has 1 rings (SSSR count). The molecule has 0 saturated heterocycles. The molecule has 1 aromatic carbocycles. The number of halogens is 2. The summed E-state index contributed by atoms with van der Waals surface area (Å²) < 4.78 is 0.394. The van der Waals surface area contributed by atoms with Crippen molar-refractivity contribution >= 4 is 33.5 Å². The summed E-state index contributed by atoms with van der Waals surface area (Å²) in [6, 6.07) is 2.18. The van der Waals surface area contributed by atoms with Crippen LogP contribution in [0.3, 0.4) is 0 Å². The Morgan fingerprint density at radius 1 is 1.60 bits per heavy atom. The van der Waals surface area contributed by atoms with Gasteiger partial charge < -0.3 is 15.9 Å². The monoisotopic (exact) mass is 293 g/mol. The zero-order chi connectivity index (χ0) is 11.6. The number of carboxylic acid groups (broad SMARTS) is 1. The first-order chi connectivity index (χ1) is 6.91. The van der Waals surface area contributed by atoms with E-state index in [2.05, 4.69) is 15.9 Å². The van der Waals surface area contributed by atoms with Crippen molar-refractivity contribution in [2.75, 3.05) is 0 Å². The quantitative estimate of drug-likeness (QED) is 0.798. The molecular formula is C9H9BrClNO3. The van der Waals surface area contributed by atoms with Gasteiger partial charge in [0.1, 0.15) is 5.75 Å². The van der Waals surface area contributed by atoms with Gasteiger partial charge in [0, 0.05) is 16.6 Å². The van der Waals surface area contributed by atoms with E-state index in [1.54, 1.807) is 0 Å². The minimum absolute atomic E-state index is 0.0758. The third-order valence-electron chi connectivity index (χ3n) is 1.85. The van der Waals surface area contributed by atoms with Gasteiger partial charge in [-0.25, -0.2) is 0 Å². The van der Waals surface area contributed by atoms with Crippen LogP contribution in [0.1, 0.15) is 18.0 Å². The predicted molar refractivity (Wildman–Crippen MR) is 60.0 cm³/mol. The minimum Gasteiger partial charge on any atom is -0.506 e. The number of hydrogen-bond donors (Lipinski definition) is 3. The van der Waals surface area contributed by atoms with Gasteiger partial charge in [0.15, 0.2) is 0 Å². The van der Waals surface area contributed by atoms with Crippen LogP contribution in [-0.4, -0.2) is 16.2 Å². The van der Waals surface area contributed by atoms with Crippen LogP contribution in [0, 0.1) is 0 Å². The third-order valence-corrected chi connectivity index (χ3v) is 2.67. The number of aliphatic carboxylic acids is 1. The zero-order valence-electron chi connectivity index (χ0n) is 7.58. The van der Waals surface area contributed by atoms with Gasteiger partial charge in [-0.3, -0.25) is 4.79 Å². The van der Waals surface area contributed by atoms with Crippen LogP contribution in [0.15, 0.2) is 16.6 Å². The molecule has 1 atom stereocenters. The van der Waals surface area contributed by atoms with Crippen LogP contribution in [0.4, 0.5) is 0 Å². The highest BCUT2D eigenvalue weighted by atomic mass is 79.9. The number of aromatic hydroxyl groups is 1. The van der Waals surface area contributed by atoms with Gasteiger partial charge in [-0.15, -0.1) is 0 Å². The summed E-state index contributed by atoms with van der Waals surface area (Å²) in [4.78, 5) is 10.5. The van der Waals surface area contributed by atoms with E-state index in [0.717, 1.165) is 0 Å². The third kappa shape index (κ3) is 3.09. The highest BCUT2D eigenvalue weighted by Gasteiger charge is 2.17. The smallest absolute Gasteiger partial charge is 0.305 e. The van der Waals surface area contributed by atoms with E-state index < -0.39 is 12.0 Å². The summed E-state index contributed by atoms with van der Waals surface area (Å²) in [7, 11) is 0. The number of rotatable bonds is 3. The predicted octanol–water partition coefficient (Wildman–Crippen LogP) is 2.28. The Bertz CT molecular complexity index is 397. The normalized spacial score (nSPS) is 12.5. The van der Waals surface area contributed by atoms with Crippen molar-refractivity contribution in [1.29, 1.82) is 0 Å². The van der Waals surface area contributed by atoms with E-state index in [4.69, 9.17) is 22.4 Å². The Balaban J connectivity index is 3.07. The molecule has 4 N–H and O–H groups in total. The number of hydrogen-bond acceptors (Lipinski definition) is 3. The van der Waals surface area contributed by atoms with Crippen molar-refractivity contribution < 1.29 is 15.0 Å². The molecule has 0 saturated carbocycles. The fraction of sp³-hybridized carbons (Fsp3) is 0.222. The minimum atomic E-state index is -1.03. The lowest BCUT2D eigenvalue weighted by molar-refractivity contribution is -0.137. The molecule has 0 aliphatic rings. The van der Waals surface area contributed by atoms with E-state index in [1.807, 2.05) is 0 Å². The second-order valence-electron chi connectivity index (χ2n) is 3.03. The number of carboxylic acids is 1. The summed E-state index contributed by atoms with van der Waals surface area (Å²) in [5, 5.41) is 18.6. The Hall–Kier alpha value is -0.780. The number of phenolic OH excluding ortho intramolecular Hbond substituents is 1. The fourth-order valence-corrected chi connectivity index (χ4v) is 2.00. The molecule has 15 heavy (non-hydrogen) atoms. The molecule has 0 fully saturated rings. The van der Waals surface area contributed by atoms with Crippen LogP contribution in [0.2, 0.25) is 5.02 Å². The first-order valence-corrected chi connectivity index (χ1v) is 5.24. The molecule has 0 spiro atoms. The Labute approximate surface area is 99.8 Å². The fourth-order valence-electron chi connectivity index (χ4n) is 1.17. The van der Waals surface area contributed by atoms with Crippen molar-refractivity contribution in [3.05, 3.63) is 27.2 Å². The molecule has 0 aromatic heterocycles. The molecule has 0 aliphatic carbocycles. The van der Waals surface area contributed by atoms with Crippen LogP contribution in [0.25, 0.3) is 0 Å². The van der Waals surface area contributed by atoms with Gasteiger partial charge in [-0.05, 0) is 28.1 Å². The van der Waals surface area contributed by atoms with Crippen molar-refractivity contribution in [3.63, 3.8) is 0 Å². The summed E-state index contributed by atoms with van der Waals surface area (Å²) >= 11 is 8.85. The van der Waals surface area contributed by atoms with Crippen LogP contribution < -0.4 is 5.73 Å². The van der Waals surface area contributed by atoms with Crippen LogP contribution in [0.5, 0.6) is 5.75 Å². The van der Waals surface area contributed by atoms with Gasteiger partial charge in [-0.1, -0.05) is 11.6 Å². The molecule has 6 heteroatoms. The molecule has 0 bridgehead atoms. The largest absolute Gasteiger partial charge is 0.506 e. The van der Waals surface area contributed by atoms with Gasteiger partial charge >= 0.3 is 5.97 Å². The zero-order valence-corrected chi connectivity index (χ0v) is 9.92. The van der Waals surface area contributed by atoms with Crippen LogP contribution >= 0.6 is 27.5 Å². The number of phenols is 1. The molecule has 0 aliphatic heterocycles. The Kier molecular flexibility index (Phi) is 3.96.